The Balaban J connectivity index is 2.06. The molecule has 0 unspecified atom stereocenters. The zero-order valence-corrected chi connectivity index (χ0v) is 11.0. The van der Waals surface area contributed by atoms with Crippen LogP contribution in [-0.2, 0) is 5.75 Å². The van der Waals surface area contributed by atoms with E-state index in [-0.39, 0.29) is 5.82 Å². The Hall–Kier alpha value is -1.55. The van der Waals surface area contributed by atoms with Crippen LogP contribution in [0, 0.1) is 5.82 Å². The van der Waals surface area contributed by atoms with Crippen LogP contribution in [-0.4, -0.2) is 11.5 Å². The molecule has 4 heteroatoms. The summed E-state index contributed by atoms with van der Waals surface area (Å²) in [6.07, 6.45) is 1.77. The van der Waals surface area contributed by atoms with E-state index >= 15 is 0 Å². The van der Waals surface area contributed by atoms with Gasteiger partial charge < -0.3 is 5.32 Å². The molecule has 1 heterocycles. The lowest BCUT2D eigenvalue weighted by atomic mass is 10.3. The number of benzene rings is 1. The van der Waals surface area contributed by atoms with Gasteiger partial charge in [0.15, 0.2) is 0 Å². The molecule has 18 heavy (non-hydrogen) atoms. The highest BCUT2D eigenvalue weighted by Gasteiger charge is 2.03. The molecule has 0 fully saturated rings. The van der Waals surface area contributed by atoms with E-state index in [0.717, 1.165) is 28.6 Å². The lowest BCUT2D eigenvalue weighted by Crippen LogP contribution is -2.02. The Labute approximate surface area is 111 Å². The van der Waals surface area contributed by atoms with Crippen molar-refractivity contribution in [2.75, 3.05) is 11.9 Å². The van der Waals surface area contributed by atoms with E-state index < -0.39 is 0 Å². The zero-order valence-electron chi connectivity index (χ0n) is 10.2. The number of anilines is 1. The summed E-state index contributed by atoms with van der Waals surface area (Å²) < 4.78 is 13.1. The van der Waals surface area contributed by atoms with Crippen LogP contribution in [0.5, 0.6) is 0 Å². The fraction of sp³-hybridized carbons (Fsp3) is 0.214. The SMILES string of the molecule is CCNc1ncccc1CSc1cccc(F)c1. The Morgan fingerprint density at radius 3 is 2.94 bits per heavy atom. The number of hydrogen-bond acceptors (Lipinski definition) is 3. The molecule has 0 radical (unpaired) electrons. The van der Waals surface area contributed by atoms with Crippen LogP contribution in [0.15, 0.2) is 47.5 Å². The van der Waals surface area contributed by atoms with Crippen molar-refractivity contribution in [2.24, 2.45) is 0 Å². The maximum absolute atomic E-state index is 13.1. The lowest BCUT2D eigenvalue weighted by Gasteiger charge is -2.08. The van der Waals surface area contributed by atoms with Crippen LogP contribution in [0.2, 0.25) is 0 Å². The van der Waals surface area contributed by atoms with Gasteiger partial charge in [-0.25, -0.2) is 9.37 Å². The smallest absolute Gasteiger partial charge is 0.129 e. The molecule has 0 saturated carbocycles. The summed E-state index contributed by atoms with van der Waals surface area (Å²) >= 11 is 1.61. The van der Waals surface area contributed by atoms with Crippen molar-refractivity contribution in [2.45, 2.75) is 17.6 Å². The minimum atomic E-state index is -0.196. The third-order valence-corrected chi connectivity index (χ3v) is 3.47. The molecule has 94 valence electrons. The number of nitrogens with zero attached hydrogens (tertiary/aromatic N) is 1. The summed E-state index contributed by atoms with van der Waals surface area (Å²) in [5, 5.41) is 3.23. The third-order valence-electron chi connectivity index (χ3n) is 2.43. The first-order valence-corrected chi connectivity index (χ1v) is 6.84. The van der Waals surface area contributed by atoms with Crippen molar-refractivity contribution in [1.82, 2.24) is 4.98 Å². The largest absolute Gasteiger partial charge is 0.370 e. The van der Waals surface area contributed by atoms with Gasteiger partial charge in [0.05, 0.1) is 0 Å². The van der Waals surface area contributed by atoms with Gasteiger partial charge in [-0.15, -0.1) is 11.8 Å². The van der Waals surface area contributed by atoms with E-state index in [1.807, 2.05) is 25.1 Å². The fourth-order valence-electron chi connectivity index (χ4n) is 1.60. The van der Waals surface area contributed by atoms with Gasteiger partial charge in [-0.2, -0.15) is 0 Å². The van der Waals surface area contributed by atoms with Gasteiger partial charge in [0, 0.05) is 29.0 Å². The Bertz CT molecular complexity index is 517. The molecule has 0 amide bonds. The number of pyridine rings is 1. The maximum atomic E-state index is 13.1. The van der Waals surface area contributed by atoms with E-state index in [4.69, 9.17) is 0 Å². The van der Waals surface area contributed by atoms with Gasteiger partial charge in [-0.1, -0.05) is 12.1 Å². The summed E-state index contributed by atoms with van der Waals surface area (Å²) in [4.78, 5) is 5.23. The number of hydrogen-bond donors (Lipinski definition) is 1. The predicted molar refractivity (Wildman–Crippen MR) is 74.4 cm³/mol. The standard InChI is InChI=1S/C14H15FN2S/c1-2-16-14-11(5-4-8-17-14)10-18-13-7-3-6-12(15)9-13/h3-9H,2,10H2,1H3,(H,16,17). The van der Waals surface area contributed by atoms with Crippen LogP contribution in [0.25, 0.3) is 0 Å². The summed E-state index contributed by atoms with van der Waals surface area (Å²) in [7, 11) is 0. The van der Waals surface area contributed by atoms with Crippen molar-refractivity contribution >= 4 is 17.6 Å². The highest BCUT2D eigenvalue weighted by atomic mass is 32.2. The molecule has 2 rings (SSSR count). The zero-order chi connectivity index (χ0) is 12.8. The van der Waals surface area contributed by atoms with Crippen LogP contribution in [0.4, 0.5) is 10.2 Å². The molecule has 0 aliphatic rings. The minimum Gasteiger partial charge on any atom is -0.370 e. The summed E-state index contributed by atoms with van der Waals surface area (Å²) in [6.45, 7) is 2.88. The molecule has 1 aromatic heterocycles. The molecule has 0 atom stereocenters. The second-order valence-corrected chi connectivity index (χ2v) is 4.84. The molecule has 0 saturated heterocycles. The Morgan fingerprint density at radius 2 is 2.17 bits per heavy atom. The van der Waals surface area contributed by atoms with E-state index in [1.165, 1.54) is 6.07 Å². The minimum absolute atomic E-state index is 0.196. The highest BCUT2D eigenvalue weighted by molar-refractivity contribution is 7.98. The summed E-state index contributed by atoms with van der Waals surface area (Å²) in [6, 6.07) is 10.6. The first kappa shape index (κ1) is 12.9. The molecular formula is C14H15FN2S. The number of aromatic nitrogens is 1. The van der Waals surface area contributed by atoms with Gasteiger partial charge in [0.2, 0.25) is 0 Å². The van der Waals surface area contributed by atoms with Crippen molar-refractivity contribution < 1.29 is 4.39 Å². The number of rotatable bonds is 5. The monoisotopic (exact) mass is 262 g/mol. The summed E-state index contributed by atoms with van der Waals surface area (Å²) in [5.74, 6) is 1.49. The topological polar surface area (TPSA) is 24.9 Å². The molecule has 2 nitrogen and oxygen atoms in total. The van der Waals surface area contributed by atoms with Crippen LogP contribution in [0.1, 0.15) is 12.5 Å². The van der Waals surface area contributed by atoms with Gasteiger partial charge in [-0.3, -0.25) is 0 Å². The molecule has 0 aliphatic carbocycles. The molecule has 0 bridgehead atoms. The molecule has 2 aromatic rings. The fourth-order valence-corrected chi connectivity index (χ4v) is 2.53. The van der Waals surface area contributed by atoms with Crippen molar-refractivity contribution in [3.63, 3.8) is 0 Å². The second kappa shape index (κ2) is 6.40. The maximum Gasteiger partial charge on any atom is 0.129 e. The highest BCUT2D eigenvalue weighted by Crippen LogP contribution is 2.25. The average molecular weight is 262 g/mol. The van der Waals surface area contributed by atoms with Crippen LogP contribution in [0.3, 0.4) is 0 Å². The van der Waals surface area contributed by atoms with Gasteiger partial charge >= 0.3 is 0 Å². The van der Waals surface area contributed by atoms with Crippen molar-refractivity contribution in [1.29, 1.82) is 0 Å². The average Bonchev–Trinajstić information content (AvgIpc) is 2.38. The Kier molecular flexibility index (Phi) is 4.59. The van der Waals surface area contributed by atoms with E-state index in [1.54, 1.807) is 30.1 Å². The van der Waals surface area contributed by atoms with Gasteiger partial charge in [0.25, 0.3) is 0 Å². The number of nitrogens with one attached hydrogen (secondary N) is 1. The molecule has 0 aliphatic heterocycles. The first-order chi connectivity index (χ1) is 8.79. The van der Waals surface area contributed by atoms with Crippen LogP contribution >= 0.6 is 11.8 Å². The van der Waals surface area contributed by atoms with Crippen molar-refractivity contribution in [3.05, 3.63) is 54.0 Å². The predicted octanol–water partition coefficient (Wildman–Crippen LogP) is 3.94. The quantitative estimate of drug-likeness (QED) is 0.826. The summed E-state index contributed by atoms with van der Waals surface area (Å²) in [5.41, 5.74) is 1.13. The third kappa shape index (κ3) is 3.47. The first-order valence-electron chi connectivity index (χ1n) is 5.85. The molecule has 1 N–H and O–H groups in total. The van der Waals surface area contributed by atoms with Crippen molar-refractivity contribution in [3.8, 4) is 0 Å². The van der Waals surface area contributed by atoms with E-state index in [0.29, 0.717) is 0 Å². The molecule has 0 spiro atoms. The molecular weight excluding hydrogens is 247 g/mol. The van der Waals surface area contributed by atoms with E-state index in [9.17, 15) is 4.39 Å². The molecule has 1 aromatic carbocycles. The number of halogens is 1. The van der Waals surface area contributed by atoms with E-state index in [2.05, 4.69) is 10.3 Å². The normalized spacial score (nSPS) is 10.3. The second-order valence-electron chi connectivity index (χ2n) is 3.79. The Morgan fingerprint density at radius 1 is 1.28 bits per heavy atom. The van der Waals surface area contributed by atoms with Gasteiger partial charge in [-0.05, 0) is 31.2 Å². The number of thioether (sulfide) groups is 1. The van der Waals surface area contributed by atoms with Gasteiger partial charge in [0.1, 0.15) is 11.6 Å². The lowest BCUT2D eigenvalue weighted by molar-refractivity contribution is 0.624. The van der Waals surface area contributed by atoms with Crippen LogP contribution < -0.4 is 5.32 Å².